The molecule has 19 heavy (non-hydrogen) atoms. The number of rotatable bonds is 4. The summed E-state index contributed by atoms with van der Waals surface area (Å²) in [5, 5.41) is 17.7. The van der Waals surface area contributed by atoms with Gasteiger partial charge in [-0.15, -0.1) is 0 Å². The average molecular weight is 258 g/mol. The van der Waals surface area contributed by atoms with Gasteiger partial charge in [-0.05, 0) is 18.2 Å². The van der Waals surface area contributed by atoms with Gasteiger partial charge < -0.3 is 10.2 Å². The van der Waals surface area contributed by atoms with Crippen LogP contribution in [0.4, 0.5) is 0 Å². The Labute approximate surface area is 109 Å². The molecule has 0 saturated heterocycles. The highest BCUT2D eigenvalue weighted by molar-refractivity contribution is 5.87. The van der Waals surface area contributed by atoms with Crippen LogP contribution < -0.4 is 4.57 Å². The van der Waals surface area contributed by atoms with E-state index in [4.69, 9.17) is 10.2 Å². The summed E-state index contributed by atoms with van der Waals surface area (Å²) in [4.78, 5) is 21.6. The molecule has 5 nitrogen and oxygen atoms in total. The first-order valence-corrected chi connectivity index (χ1v) is 5.61. The van der Waals surface area contributed by atoms with E-state index in [-0.39, 0.29) is 11.1 Å². The zero-order valence-electron chi connectivity index (χ0n) is 9.98. The summed E-state index contributed by atoms with van der Waals surface area (Å²) in [6, 6.07) is 9.66. The van der Waals surface area contributed by atoms with E-state index in [1.807, 2.05) is 0 Å². The van der Waals surface area contributed by atoms with Gasteiger partial charge in [0.15, 0.2) is 18.9 Å². The Balaban J connectivity index is 2.19. The Morgan fingerprint density at radius 1 is 0.947 bits per heavy atom. The number of aromatic nitrogens is 1. The number of carboxylic acid groups (broad SMARTS) is 2. The summed E-state index contributed by atoms with van der Waals surface area (Å²) in [5.41, 5.74) is 1.34. The van der Waals surface area contributed by atoms with Gasteiger partial charge in [-0.3, -0.25) is 0 Å². The van der Waals surface area contributed by atoms with E-state index in [0.717, 1.165) is 5.56 Å². The molecule has 0 aliphatic heterocycles. The van der Waals surface area contributed by atoms with Gasteiger partial charge in [0.1, 0.15) is 5.56 Å². The SMILES string of the molecule is O=C(O)c1ccc(C[n+]2cccc(C(=O)O)c2)cc1. The van der Waals surface area contributed by atoms with Crippen LogP contribution in [0.15, 0.2) is 48.8 Å². The molecule has 2 rings (SSSR count). The van der Waals surface area contributed by atoms with Crippen LogP contribution in [-0.2, 0) is 6.54 Å². The average Bonchev–Trinajstić information content (AvgIpc) is 2.39. The van der Waals surface area contributed by atoms with Crippen molar-refractivity contribution in [1.82, 2.24) is 0 Å². The molecule has 2 aromatic rings. The molecule has 0 aliphatic carbocycles. The van der Waals surface area contributed by atoms with Gasteiger partial charge >= 0.3 is 11.9 Å². The predicted octanol–water partition coefficient (Wildman–Crippen LogP) is 1.42. The highest BCUT2D eigenvalue weighted by Gasteiger charge is 2.10. The van der Waals surface area contributed by atoms with E-state index in [9.17, 15) is 9.59 Å². The second kappa shape index (κ2) is 5.30. The van der Waals surface area contributed by atoms with Gasteiger partial charge in [-0.2, -0.15) is 4.57 Å². The summed E-state index contributed by atoms with van der Waals surface area (Å²) >= 11 is 0. The molecule has 2 N–H and O–H groups in total. The van der Waals surface area contributed by atoms with E-state index in [1.165, 1.54) is 24.4 Å². The number of aromatic carboxylic acids is 2. The summed E-state index contributed by atoms with van der Waals surface area (Å²) in [7, 11) is 0. The van der Waals surface area contributed by atoms with Gasteiger partial charge in [-0.25, -0.2) is 9.59 Å². The fourth-order valence-corrected chi connectivity index (χ4v) is 1.71. The van der Waals surface area contributed by atoms with E-state index in [2.05, 4.69) is 0 Å². The minimum absolute atomic E-state index is 0.213. The predicted molar refractivity (Wildman–Crippen MR) is 66.1 cm³/mol. The van der Waals surface area contributed by atoms with E-state index in [0.29, 0.717) is 6.54 Å². The Bertz CT molecular complexity index is 620. The quantitative estimate of drug-likeness (QED) is 0.813. The molecular formula is C14H12NO4+. The molecule has 0 fully saturated rings. The molecule has 96 valence electrons. The number of benzene rings is 1. The number of nitrogens with zero attached hydrogens (tertiary/aromatic N) is 1. The molecule has 1 aromatic heterocycles. The zero-order valence-corrected chi connectivity index (χ0v) is 9.98. The highest BCUT2D eigenvalue weighted by Crippen LogP contribution is 2.04. The smallest absolute Gasteiger partial charge is 0.341 e. The Kier molecular flexibility index (Phi) is 3.56. The Morgan fingerprint density at radius 3 is 2.16 bits per heavy atom. The van der Waals surface area contributed by atoms with Crippen molar-refractivity contribution in [2.45, 2.75) is 6.54 Å². The molecule has 0 unspecified atom stereocenters. The van der Waals surface area contributed by atoms with E-state index < -0.39 is 11.9 Å². The van der Waals surface area contributed by atoms with E-state index >= 15 is 0 Å². The lowest BCUT2D eigenvalue weighted by Gasteiger charge is -2.00. The zero-order chi connectivity index (χ0) is 13.8. The largest absolute Gasteiger partial charge is 0.478 e. The Morgan fingerprint density at radius 2 is 1.58 bits per heavy atom. The number of hydrogen-bond donors (Lipinski definition) is 2. The van der Waals surface area contributed by atoms with Crippen LogP contribution in [-0.4, -0.2) is 22.2 Å². The minimum Gasteiger partial charge on any atom is -0.478 e. The van der Waals surface area contributed by atoms with E-state index in [1.54, 1.807) is 29.0 Å². The van der Waals surface area contributed by atoms with Crippen molar-refractivity contribution in [3.05, 3.63) is 65.5 Å². The molecule has 0 saturated carbocycles. The first kappa shape index (κ1) is 12.8. The first-order chi connectivity index (χ1) is 9.06. The molecule has 0 radical (unpaired) electrons. The lowest BCUT2D eigenvalue weighted by molar-refractivity contribution is -0.688. The van der Waals surface area contributed by atoms with Crippen molar-refractivity contribution < 1.29 is 24.4 Å². The van der Waals surface area contributed by atoms with Crippen LogP contribution in [0.25, 0.3) is 0 Å². The van der Waals surface area contributed by atoms with Crippen molar-refractivity contribution in [1.29, 1.82) is 0 Å². The maximum absolute atomic E-state index is 10.8. The maximum Gasteiger partial charge on any atom is 0.341 e. The lowest BCUT2D eigenvalue weighted by Crippen LogP contribution is -2.34. The molecule has 1 heterocycles. The van der Waals surface area contributed by atoms with Crippen molar-refractivity contribution in [3.63, 3.8) is 0 Å². The summed E-state index contributed by atoms with van der Waals surface area (Å²) in [6.07, 6.45) is 3.30. The van der Waals surface area contributed by atoms with Crippen LogP contribution >= 0.6 is 0 Å². The van der Waals surface area contributed by atoms with Gasteiger partial charge in [0.2, 0.25) is 0 Å². The normalized spacial score (nSPS) is 10.1. The molecular weight excluding hydrogens is 246 g/mol. The van der Waals surface area contributed by atoms with Crippen molar-refractivity contribution in [2.75, 3.05) is 0 Å². The summed E-state index contributed by atoms with van der Waals surface area (Å²) < 4.78 is 1.74. The number of hydrogen-bond acceptors (Lipinski definition) is 2. The van der Waals surface area contributed by atoms with Gasteiger partial charge in [0.25, 0.3) is 0 Å². The Hall–Kier alpha value is -2.69. The molecule has 0 bridgehead atoms. The molecule has 0 aliphatic rings. The van der Waals surface area contributed by atoms with Crippen LogP contribution in [0.5, 0.6) is 0 Å². The molecule has 0 spiro atoms. The summed E-state index contributed by atoms with van der Waals surface area (Å²) in [5.74, 6) is -1.94. The van der Waals surface area contributed by atoms with Crippen molar-refractivity contribution in [2.24, 2.45) is 0 Å². The topological polar surface area (TPSA) is 78.5 Å². The third-order valence-corrected chi connectivity index (χ3v) is 2.67. The van der Waals surface area contributed by atoms with Crippen molar-refractivity contribution >= 4 is 11.9 Å². The second-order valence-electron chi connectivity index (χ2n) is 4.07. The van der Waals surface area contributed by atoms with Gasteiger partial charge in [0.05, 0.1) is 5.56 Å². The number of pyridine rings is 1. The minimum atomic E-state index is -0.976. The molecule has 0 atom stereocenters. The molecule has 5 heteroatoms. The third kappa shape index (κ3) is 3.16. The maximum atomic E-state index is 10.8. The highest BCUT2D eigenvalue weighted by atomic mass is 16.4. The first-order valence-electron chi connectivity index (χ1n) is 5.61. The second-order valence-corrected chi connectivity index (χ2v) is 4.07. The van der Waals surface area contributed by atoms with Crippen molar-refractivity contribution in [3.8, 4) is 0 Å². The summed E-state index contributed by atoms with van der Waals surface area (Å²) in [6.45, 7) is 0.487. The van der Waals surface area contributed by atoms with Crippen LogP contribution in [0.2, 0.25) is 0 Å². The van der Waals surface area contributed by atoms with Crippen LogP contribution in [0, 0.1) is 0 Å². The van der Waals surface area contributed by atoms with Gasteiger partial charge in [-0.1, -0.05) is 12.1 Å². The standard InChI is InChI=1S/C14H11NO4/c16-13(17)11-5-3-10(4-6-11)8-15-7-1-2-12(9-15)14(18)19/h1-7,9H,8H2,(H-,16,17,18,19)/p+1. The fraction of sp³-hybridized carbons (Fsp3) is 0.0714. The van der Waals surface area contributed by atoms with Gasteiger partial charge in [0, 0.05) is 11.6 Å². The molecule has 0 amide bonds. The number of carbonyl (C=O) groups is 2. The number of carboxylic acids is 2. The van der Waals surface area contributed by atoms with Crippen LogP contribution in [0.3, 0.4) is 0 Å². The monoisotopic (exact) mass is 258 g/mol. The lowest BCUT2D eigenvalue weighted by atomic mass is 10.1. The fourth-order valence-electron chi connectivity index (χ4n) is 1.71. The molecule has 1 aromatic carbocycles. The van der Waals surface area contributed by atoms with Crippen LogP contribution in [0.1, 0.15) is 26.3 Å². The third-order valence-electron chi connectivity index (χ3n) is 2.67.